The number of urea groups is 1. The van der Waals surface area contributed by atoms with E-state index in [4.69, 9.17) is 16.7 Å². The van der Waals surface area contributed by atoms with Gasteiger partial charge in [-0.1, -0.05) is 11.6 Å². The zero-order valence-electron chi connectivity index (χ0n) is 11.2. The number of nitrogens with zero attached hydrogens (tertiary/aromatic N) is 1. The van der Waals surface area contributed by atoms with E-state index in [1.54, 1.807) is 13.8 Å². The maximum Gasteiger partial charge on any atom is 0.322 e. The van der Waals surface area contributed by atoms with Gasteiger partial charge in [-0.05, 0) is 32.0 Å². The minimum absolute atomic E-state index is 0.000347. The molecule has 110 valence electrons. The van der Waals surface area contributed by atoms with E-state index in [1.165, 1.54) is 17.0 Å². The van der Waals surface area contributed by atoms with Crippen LogP contribution in [0.4, 0.5) is 14.9 Å². The highest BCUT2D eigenvalue weighted by molar-refractivity contribution is 6.30. The number of amides is 2. The van der Waals surface area contributed by atoms with Crippen LogP contribution in [0.15, 0.2) is 18.2 Å². The Hall–Kier alpha value is -1.82. The molecule has 0 atom stereocenters. The SMILES string of the molecule is CC(C)N(CCC(=O)O)C(=O)Nc1ccc(Cl)cc1F. The van der Waals surface area contributed by atoms with Crippen molar-refractivity contribution in [2.75, 3.05) is 11.9 Å². The number of anilines is 1. The van der Waals surface area contributed by atoms with Crippen molar-refractivity contribution in [1.82, 2.24) is 4.90 Å². The molecule has 1 aromatic rings. The number of carboxylic acid groups (broad SMARTS) is 1. The number of rotatable bonds is 5. The van der Waals surface area contributed by atoms with Gasteiger partial charge in [-0.25, -0.2) is 9.18 Å². The number of carbonyl (C=O) groups is 2. The Morgan fingerprint density at radius 2 is 2.10 bits per heavy atom. The van der Waals surface area contributed by atoms with Crippen molar-refractivity contribution >= 4 is 29.3 Å². The zero-order chi connectivity index (χ0) is 15.3. The highest BCUT2D eigenvalue weighted by Gasteiger charge is 2.19. The standard InChI is InChI=1S/C13H16ClFN2O3/c1-8(2)17(6-5-12(18)19)13(20)16-11-4-3-9(14)7-10(11)15/h3-4,7-8H,5-6H2,1-2H3,(H,16,20)(H,18,19). The number of aliphatic carboxylic acids is 1. The Kier molecular flexibility index (Phi) is 5.76. The summed E-state index contributed by atoms with van der Waals surface area (Å²) >= 11 is 5.62. The van der Waals surface area contributed by atoms with Gasteiger partial charge in [-0.15, -0.1) is 0 Å². The van der Waals surface area contributed by atoms with Crippen LogP contribution < -0.4 is 5.32 Å². The van der Waals surface area contributed by atoms with E-state index in [0.717, 1.165) is 6.07 Å². The molecule has 0 saturated heterocycles. The Morgan fingerprint density at radius 3 is 2.60 bits per heavy atom. The number of hydrogen-bond acceptors (Lipinski definition) is 2. The van der Waals surface area contributed by atoms with E-state index in [1.807, 2.05) is 0 Å². The summed E-state index contributed by atoms with van der Waals surface area (Å²) in [6.45, 7) is 3.55. The van der Waals surface area contributed by atoms with Crippen molar-refractivity contribution < 1.29 is 19.1 Å². The van der Waals surface area contributed by atoms with E-state index in [2.05, 4.69) is 5.32 Å². The van der Waals surface area contributed by atoms with E-state index in [9.17, 15) is 14.0 Å². The van der Waals surface area contributed by atoms with E-state index in [-0.39, 0.29) is 29.7 Å². The van der Waals surface area contributed by atoms with Crippen LogP contribution >= 0.6 is 11.6 Å². The molecule has 5 nitrogen and oxygen atoms in total. The predicted octanol–water partition coefficient (Wildman–Crippen LogP) is 3.20. The third-order valence-electron chi connectivity index (χ3n) is 2.62. The number of benzene rings is 1. The fourth-order valence-electron chi connectivity index (χ4n) is 1.59. The van der Waals surface area contributed by atoms with Crippen LogP contribution in [0.5, 0.6) is 0 Å². The lowest BCUT2D eigenvalue weighted by molar-refractivity contribution is -0.137. The Labute approximate surface area is 121 Å². The van der Waals surface area contributed by atoms with Crippen LogP contribution in [0.25, 0.3) is 0 Å². The molecule has 0 aromatic heterocycles. The Balaban J connectivity index is 2.77. The Bertz CT molecular complexity index is 508. The largest absolute Gasteiger partial charge is 0.481 e. The number of nitrogens with one attached hydrogen (secondary N) is 1. The van der Waals surface area contributed by atoms with E-state index in [0.29, 0.717) is 0 Å². The maximum atomic E-state index is 13.6. The minimum atomic E-state index is -0.999. The van der Waals surface area contributed by atoms with E-state index < -0.39 is 17.8 Å². The lowest BCUT2D eigenvalue weighted by Gasteiger charge is -2.26. The highest BCUT2D eigenvalue weighted by atomic mass is 35.5. The molecule has 0 unspecified atom stereocenters. The smallest absolute Gasteiger partial charge is 0.322 e. The van der Waals surface area contributed by atoms with Crippen molar-refractivity contribution in [3.63, 3.8) is 0 Å². The van der Waals surface area contributed by atoms with Crippen LogP contribution in [-0.4, -0.2) is 34.6 Å². The number of carbonyl (C=O) groups excluding carboxylic acids is 1. The van der Waals surface area contributed by atoms with Gasteiger partial charge in [-0.2, -0.15) is 0 Å². The number of carboxylic acids is 1. The van der Waals surface area contributed by atoms with Gasteiger partial charge in [0.05, 0.1) is 12.1 Å². The third-order valence-corrected chi connectivity index (χ3v) is 2.86. The van der Waals surface area contributed by atoms with Crippen LogP contribution in [0.2, 0.25) is 5.02 Å². The van der Waals surface area contributed by atoms with Crippen molar-refractivity contribution in [2.24, 2.45) is 0 Å². The molecule has 2 amide bonds. The summed E-state index contributed by atoms with van der Waals surface area (Å²) in [4.78, 5) is 23.9. The first-order valence-electron chi connectivity index (χ1n) is 6.05. The predicted molar refractivity (Wildman–Crippen MR) is 74.5 cm³/mol. The van der Waals surface area contributed by atoms with Crippen molar-refractivity contribution in [3.8, 4) is 0 Å². The fourth-order valence-corrected chi connectivity index (χ4v) is 1.75. The minimum Gasteiger partial charge on any atom is -0.481 e. The summed E-state index contributed by atoms with van der Waals surface area (Å²) in [5.74, 6) is -1.64. The van der Waals surface area contributed by atoms with Gasteiger partial charge in [0.1, 0.15) is 5.82 Å². The lowest BCUT2D eigenvalue weighted by atomic mass is 10.3. The first-order chi connectivity index (χ1) is 9.31. The summed E-state index contributed by atoms with van der Waals surface area (Å²) in [6, 6.07) is 3.14. The quantitative estimate of drug-likeness (QED) is 0.877. The monoisotopic (exact) mass is 302 g/mol. The molecule has 7 heteroatoms. The van der Waals surface area contributed by atoms with Gasteiger partial charge < -0.3 is 15.3 Å². The van der Waals surface area contributed by atoms with Crippen molar-refractivity contribution in [2.45, 2.75) is 26.3 Å². The molecule has 0 spiro atoms. The second kappa shape index (κ2) is 7.09. The topological polar surface area (TPSA) is 69.6 Å². The number of halogens is 2. The molecule has 0 aliphatic heterocycles. The zero-order valence-corrected chi connectivity index (χ0v) is 11.9. The second-order valence-corrected chi connectivity index (χ2v) is 4.92. The summed E-state index contributed by atoms with van der Waals surface area (Å²) in [6.07, 6.45) is -0.172. The van der Waals surface area contributed by atoms with Gasteiger partial charge in [0, 0.05) is 17.6 Å². The Morgan fingerprint density at radius 1 is 1.45 bits per heavy atom. The first-order valence-corrected chi connectivity index (χ1v) is 6.43. The molecule has 0 fully saturated rings. The molecule has 20 heavy (non-hydrogen) atoms. The third kappa shape index (κ3) is 4.70. The summed E-state index contributed by atoms with van der Waals surface area (Å²) in [7, 11) is 0. The lowest BCUT2D eigenvalue weighted by Crippen LogP contribution is -2.41. The van der Waals surface area contributed by atoms with Gasteiger partial charge in [0.25, 0.3) is 0 Å². The van der Waals surface area contributed by atoms with Gasteiger partial charge in [0.2, 0.25) is 0 Å². The first kappa shape index (κ1) is 16.2. The summed E-state index contributed by atoms with van der Waals surface area (Å²) in [5.41, 5.74) is 0.000347. The molecule has 1 rings (SSSR count). The maximum absolute atomic E-state index is 13.6. The molecular formula is C13H16ClFN2O3. The van der Waals surface area contributed by atoms with Gasteiger partial charge >= 0.3 is 12.0 Å². The van der Waals surface area contributed by atoms with Gasteiger partial charge in [-0.3, -0.25) is 4.79 Å². The highest BCUT2D eigenvalue weighted by Crippen LogP contribution is 2.19. The van der Waals surface area contributed by atoms with Crippen LogP contribution in [0.1, 0.15) is 20.3 Å². The average Bonchev–Trinajstić information content (AvgIpc) is 2.32. The molecule has 0 bridgehead atoms. The molecular weight excluding hydrogens is 287 g/mol. The molecule has 0 heterocycles. The molecule has 2 N–H and O–H groups in total. The summed E-state index contributed by atoms with van der Waals surface area (Å²) < 4.78 is 13.6. The van der Waals surface area contributed by atoms with Crippen LogP contribution in [-0.2, 0) is 4.79 Å². The van der Waals surface area contributed by atoms with Crippen molar-refractivity contribution in [3.05, 3.63) is 29.0 Å². The molecule has 0 saturated carbocycles. The normalized spacial score (nSPS) is 10.4. The van der Waals surface area contributed by atoms with Crippen LogP contribution in [0, 0.1) is 5.82 Å². The average molecular weight is 303 g/mol. The molecule has 0 aliphatic carbocycles. The number of hydrogen-bond donors (Lipinski definition) is 2. The molecule has 0 radical (unpaired) electrons. The fraction of sp³-hybridized carbons (Fsp3) is 0.385. The van der Waals surface area contributed by atoms with Crippen molar-refractivity contribution in [1.29, 1.82) is 0 Å². The summed E-state index contributed by atoms with van der Waals surface area (Å²) in [5, 5.41) is 11.3. The molecule has 1 aromatic carbocycles. The second-order valence-electron chi connectivity index (χ2n) is 4.49. The molecule has 0 aliphatic rings. The van der Waals surface area contributed by atoms with Gasteiger partial charge in [0.15, 0.2) is 0 Å². The van der Waals surface area contributed by atoms with Crippen LogP contribution in [0.3, 0.4) is 0 Å². The van der Waals surface area contributed by atoms with E-state index >= 15 is 0 Å².